The van der Waals surface area contributed by atoms with E-state index in [0.29, 0.717) is 30.6 Å². The zero-order chi connectivity index (χ0) is 50.4. The quantitative estimate of drug-likeness (QED) is 0.0607. The van der Waals surface area contributed by atoms with Crippen LogP contribution in [0.2, 0.25) is 0 Å². The van der Waals surface area contributed by atoms with Gasteiger partial charge in [-0.2, -0.15) is 36.9 Å². The van der Waals surface area contributed by atoms with Crippen LogP contribution in [0.3, 0.4) is 0 Å². The number of unbranched alkanes of at least 4 members (excludes halogenated alkanes) is 2. The lowest BCUT2D eigenvalue weighted by Crippen LogP contribution is -2.22. The molecule has 9 nitrogen and oxygen atoms in total. The van der Waals surface area contributed by atoms with Crippen LogP contribution < -0.4 is 34.5 Å². The van der Waals surface area contributed by atoms with Crippen LogP contribution in [0.15, 0.2) is 72.8 Å². The number of alkyl halides is 6. The Labute approximate surface area is 427 Å². The van der Waals surface area contributed by atoms with E-state index in [2.05, 4.69) is 59.6 Å². The second-order valence-electron chi connectivity index (χ2n) is 17.7. The zero-order valence-electron chi connectivity index (χ0n) is 40.8. The van der Waals surface area contributed by atoms with Gasteiger partial charge in [0, 0.05) is 32.2 Å². The summed E-state index contributed by atoms with van der Waals surface area (Å²) in [6.45, 7) is 12.8. The minimum absolute atomic E-state index is 0. The Kier molecular flexibility index (Phi) is 28.8. The molecule has 6 rings (SSSR count). The van der Waals surface area contributed by atoms with Crippen molar-refractivity contribution in [2.75, 3.05) is 62.4 Å². The average molecular weight is 1010 g/mol. The van der Waals surface area contributed by atoms with E-state index >= 15 is 0 Å². The number of halogens is 6. The maximum absolute atomic E-state index is 12.5. The van der Waals surface area contributed by atoms with Crippen LogP contribution in [0.1, 0.15) is 135 Å². The summed E-state index contributed by atoms with van der Waals surface area (Å²) < 4.78 is 93.7. The van der Waals surface area contributed by atoms with E-state index in [1.807, 2.05) is 26.0 Å². The van der Waals surface area contributed by atoms with Crippen LogP contribution in [0, 0.1) is 28.6 Å². The smallest absolute Gasteiger partial charge is 0.422 e. The number of benzene rings is 4. The van der Waals surface area contributed by atoms with Crippen LogP contribution in [0.5, 0.6) is 23.0 Å². The van der Waals surface area contributed by atoms with Gasteiger partial charge >= 0.3 is 12.4 Å². The van der Waals surface area contributed by atoms with Crippen molar-refractivity contribution in [3.63, 3.8) is 0 Å². The normalized spacial score (nSPS) is 13.1. The lowest BCUT2D eigenvalue weighted by atomic mass is 9.93. The van der Waals surface area contributed by atoms with Gasteiger partial charge in [-0.05, 0) is 129 Å². The first-order valence-electron chi connectivity index (χ1n) is 24.2. The average Bonchev–Trinajstić information content (AvgIpc) is 3.93. The van der Waals surface area contributed by atoms with Gasteiger partial charge in [-0.15, -0.1) is 0 Å². The highest BCUT2D eigenvalue weighted by Crippen LogP contribution is 2.36. The number of hydrogen-bond donors (Lipinski definition) is 1. The van der Waals surface area contributed by atoms with Crippen molar-refractivity contribution < 1.29 is 45.3 Å². The fourth-order valence-electron chi connectivity index (χ4n) is 8.33. The van der Waals surface area contributed by atoms with Gasteiger partial charge in [0.25, 0.3) is 0 Å². The maximum atomic E-state index is 12.5. The second kappa shape index (κ2) is 32.3. The number of hydrogen-bond acceptors (Lipinski definition) is 9. The molecule has 0 bridgehead atoms. The lowest BCUT2D eigenvalue weighted by Gasteiger charge is -2.21. The fourth-order valence-corrected chi connectivity index (χ4v) is 8.33. The molecule has 0 fully saturated rings. The third kappa shape index (κ3) is 21.5. The van der Waals surface area contributed by atoms with Crippen molar-refractivity contribution in [3.8, 4) is 35.1 Å². The summed E-state index contributed by atoms with van der Waals surface area (Å²) in [4.78, 5) is 4.71. The van der Waals surface area contributed by atoms with E-state index in [4.69, 9.17) is 19.9 Å². The van der Waals surface area contributed by atoms with Gasteiger partial charge in [-0.25, -0.2) is 0 Å². The van der Waals surface area contributed by atoms with Crippen LogP contribution in [-0.2, 0) is 25.7 Å². The van der Waals surface area contributed by atoms with Gasteiger partial charge in [0.15, 0.2) is 36.2 Å². The number of anilines is 2. The molecule has 0 radical (unpaired) electrons. The molecule has 0 unspecified atom stereocenters. The number of rotatable bonds is 22. The largest absolute Gasteiger partial charge is 0.490 e. The Morgan fingerprint density at radius 1 is 0.583 bits per heavy atom. The zero-order valence-corrected chi connectivity index (χ0v) is 40.8. The third-order valence-corrected chi connectivity index (χ3v) is 11.4. The van der Waals surface area contributed by atoms with Gasteiger partial charge in [0.2, 0.25) is 0 Å². The highest BCUT2D eigenvalue weighted by molar-refractivity contribution is 5.69. The molecule has 2 aliphatic heterocycles. The summed E-state index contributed by atoms with van der Waals surface area (Å²) in [6.07, 6.45) is 2.15. The molecule has 400 valence electrons. The van der Waals surface area contributed by atoms with E-state index in [9.17, 15) is 36.9 Å². The number of para-hydroxylation sites is 4. The SMILES string of the molecule is C.C.C.CCCCN1CCc2cc(C[C@@H](C)CCCOc3ccccc3OCC(F)(F)F)cc(C#N)c21.CCCCN1CCc2cc(C[C@@H](C)N)cc(C#N)c21.CCCOc1ccccc1OCC(F)(F)F. The molecule has 0 aromatic heterocycles. The third-order valence-electron chi connectivity index (χ3n) is 11.4. The van der Waals surface area contributed by atoms with Crippen molar-refractivity contribution >= 4 is 11.4 Å². The number of nitrogens with zero attached hydrogens (tertiary/aromatic N) is 4. The van der Waals surface area contributed by atoms with E-state index in [-0.39, 0.29) is 39.8 Å². The molecule has 0 saturated heterocycles. The molecule has 0 spiro atoms. The molecule has 4 aromatic carbocycles. The Morgan fingerprint density at radius 3 is 1.36 bits per heavy atom. The minimum atomic E-state index is -4.39. The predicted octanol–water partition coefficient (Wildman–Crippen LogP) is 14.6. The van der Waals surface area contributed by atoms with Crippen molar-refractivity contribution in [1.29, 1.82) is 10.5 Å². The van der Waals surface area contributed by atoms with Gasteiger partial charge in [-0.1, -0.05) is 99.2 Å². The fraction of sp³-hybridized carbons (Fsp3) is 0.544. The molecule has 0 amide bonds. The van der Waals surface area contributed by atoms with Crippen LogP contribution in [0.25, 0.3) is 0 Å². The van der Waals surface area contributed by atoms with E-state index in [0.717, 1.165) is 101 Å². The first-order chi connectivity index (χ1) is 33.0. The summed E-state index contributed by atoms with van der Waals surface area (Å²) in [6, 6.07) is 26.2. The topological polar surface area (TPSA) is 117 Å². The summed E-state index contributed by atoms with van der Waals surface area (Å²) in [5, 5.41) is 19.1. The molecule has 2 N–H and O–H groups in total. The number of ether oxygens (including phenoxy) is 4. The molecular formula is C57H81F6N5O4. The Morgan fingerprint density at radius 2 is 0.986 bits per heavy atom. The first kappa shape index (κ1) is 64.2. The van der Waals surface area contributed by atoms with Crippen molar-refractivity contribution in [2.45, 2.75) is 146 Å². The standard InChI is InChI=1S/C27H33F3N2O2.C16H23N3.C11H13F3O2.3CH4/c1-3-4-12-32-13-11-22-16-21(17-23(18-31)26(22)32)15-20(2)8-7-14-33-24-9-5-6-10-25(24)34-19-27(28,29)30;1-3-4-6-19-7-5-14-9-13(8-12(2)18)10-15(11-17)16(14)19;1-2-7-15-9-5-3-4-6-10(9)16-8-11(12,13)14;;;/h5-6,9-10,16-17,20H,3-4,7-8,11-15,19H2,1-2H3;9-10,12H,3-8,18H2,1-2H3;3-6H,2,7-8H2,1H3;3*1H4/t20-;12-;;;;/m01..../s1. The maximum Gasteiger partial charge on any atom is 0.422 e. The van der Waals surface area contributed by atoms with Crippen molar-refractivity contribution in [3.05, 3.63) is 106 Å². The summed E-state index contributed by atoms with van der Waals surface area (Å²) in [5.41, 5.74) is 14.7. The summed E-state index contributed by atoms with van der Waals surface area (Å²) >= 11 is 0. The Hall–Kier alpha value is -5.80. The Bertz CT molecular complexity index is 2270. The molecule has 72 heavy (non-hydrogen) atoms. The molecule has 4 aromatic rings. The number of nitriles is 2. The molecule has 15 heteroatoms. The molecule has 2 heterocycles. The van der Waals surface area contributed by atoms with Crippen molar-refractivity contribution in [1.82, 2.24) is 0 Å². The van der Waals surface area contributed by atoms with Gasteiger partial charge < -0.3 is 34.5 Å². The molecule has 0 aliphatic carbocycles. The highest BCUT2D eigenvalue weighted by Gasteiger charge is 2.30. The predicted molar refractivity (Wildman–Crippen MR) is 281 cm³/mol. The molecular weight excluding hydrogens is 933 g/mol. The monoisotopic (exact) mass is 1010 g/mol. The van der Waals surface area contributed by atoms with Crippen molar-refractivity contribution in [2.24, 2.45) is 11.7 Å². The summed E-state index contributed by atoms with van der Waals surface area (Å²) in [5.74, 6) is 1.27. The van der Waals surface area contributed by atoms with Crippen LogP contribution in [0.4, 0.5) is 37.7 Å². The van der Waals surface area contributed by atoms with Gasteiger partial charge in [-0.3, -0.25) is 0 Å². The summed E-state index contributed by atoms with van der Waals surface area (Å²) in [7, 11) is 0. The van der Waals surface area contributed by atoms with E-state index in [1.165, 1.54) is 52.9 Å². The molecule has 2 aliphatic rings. The molecule has 0 saturated carbocycles. The van der Waals surface area contributed by atoms with Crippen LogP contribution in [-0.4, -0.2) is 71.0 Å². The van der Waals surface area contributed by atoms with Gasteiger partial charge in [0.05, 0.1) is 35.7 Å². The first-order valence-corrected chi connectivity index (χ1v) is 24.2. The van der Waals surface area contributed by atoms with E-state index in [1.54, 1.807) is 36.4 Å². The highest BCUT2D eigenvalue weighted by atomic mass is 19.4. The number of nitrogens with two attached hydrogens (primary N) is 1. The van der Waals surface area contributed by atoms with Gasteiger partial charge in [0.1, 0.15) is 12.1 Å². The molecule has 2 atom stereocenters. The van der Waals surface area contributed by atoms with E-state index < -0.39 is 25.6 Å². The van der Waals surface area contributed by atoms with Crippen LogP contribution >= 0.6 is 0 Å². The minimum Gasteiger partial charge on any atom is -0.490 e. The lowest BCUT2D eigenvalue weighted by molar-refractivity contribution is -0.154. The second-order valence-corrected chi connectivity index (χ2v) is 17.7. The number of fused-ring (bicyclic) bond motifs is 2. The Balaban J connectivity index is 0.000000580.